The zero-order chi connectivity index (χ0) is 16.2. The molecule has 0 saturated carbocycles. The summed E-state index contributed by atoms with van der Waals surface area (Å²) in [5, 5.41) is 6.96. The first-order chi connectivity index (χ1) is 11.1. The van der Waals surface area contributed by atoms with Gasteiger partial charge in [0.15, 0.2) is 0 Å². The highest BCUT2D eigenvalue weighted by molar-refractivity contribution is 7.14. The molecule has 2 heterocycles. The lowest BCUT2D eigenvalue weighted by molar-refractivity contribution is 0.0951. The zero-order valence-corrected chi connectivity index (χ0v) is 14.3. The Bertz CT molecular complexity index is 840. The molecule has 0 radical (unpaired) electrons. The van der Waals surface area contributed by atoms with E-state index in [4.69, 9.17) is 11.6 Å². The average molecular weight is 362 g/mol. The number of carbonyl (C=O) groups is 2. The Morgan fingerprint density at radius 1 is 1.09 bits per heavy atom. The predicted octanol–water partition coefficient (Wildman–Crippen LogP) is 4.62. The van der Waals surface area contributed by atoms with Crippen molar-refractivity contribution in [2.75, 3.05) is 0 Å². The van der Waals surface area contributed by atoms with Crippen molar-refractivity contribution in [3.8, 4) is 0 Å². The summed E-state index contributed by atoms with van der Waals surface area (Å²) >= 11 is 8.89. The molecular weight excluding hydrogens is 350 g/mol. The van der Waals surface area contributed by atoms with Crippen molar-refractivity contribution >= 4 is 46.0 Å². The zero-order valence-electron chi connectivity index (χ0n) is 11.9. The number of rotatable bonds is 5. The Balaban J connectivity index is 1.65. The van der Waals surface area contributed by atoms with Crippen LogP contribution in [0.4, 0.5) is 0 Å². The monoisotopic (exact) mass is 361 g/mol. The summed E-state index contributed by atoms with van der Waals surface area (Å²) in [5.74, 6) is -0.213. The molecule has 3 nitrogen and oxygen atoms in total. The van der Waals surface area contributed by atoms with E-state index in [1.807, 2.05) is 22.9 Å². The van der Waals surface area contributed by atoms with Crippen molar-refractivity contribution in [2.24, 2.45) is 0 Å². The molecule has 3 rings (SSSR count). The van der Waals surface area contributed by atoms with Gasteiger partial charge in [-0.3, -0.25) is 9.59 Å². The number of halogens is 1. The third-order valence-electron chi connectivity index (χ3n) is 3.21. The molecule has 0 unspecified atom stereocenters. The first-order valence-corrected chi connectivity index (χ1v) is 8.97. The quantitative estimate of drug-likeness (QED) is 0.674. The number of hydrogen-bond acceptors (Lipinski definition) is 4. The highest BCUT2D eigenvalue weighted by Gasteiger charge is 2.13. The molecule has 0 fully saturated rings. The van der Waals surface area contributed by atoms with Gasteiger partial charge in [0.05, 0.1) is 22.0 Å². The van der Waals surface area contributed by atoms with E-state index in [0.717, 1.165) is 4.88 Å². The van der Waals surface area contributed by atoms with E-state index in [-0.39, 0.29) is 11.7 Å². The van der Waals surface area contributed by atoms with E-state index in [1.165, 1.54) is 22.7 Å². The van der Waals surface area contributed by atoms with Gasteiger partial charge in [0.1, 0.15) is 0 Å². The fourth-order valence-electron chi connectivity index (χ4n) is 2.04. The van der Waals surface area contributed by atoms with Crippen LogP contribution in [-0.4, -0.2) is 11.7 Å². The highest BCUT2D eigenvalue weighted by Crippen LogP contribution is 2.21. The lowest BCUT2D eigenvalue weighted by Gasteiger charge is -2.05. The van der Waals surface area contributed by atoms with Gasteiger partial charge in [0.25, 0.3) is 5.91 Å². The number of carbonyl (C=O) groups excluding carboxylic acids is 2. The van der Waals surface area contributed by atoms with E-state index >= 15 is 0 Å². The summed E-state index contributed by atoms with van der Waals surface area (Å²) in [6, 6.07) is 12.4. The summed E-state index contributed by atoms with van der Waals surface area (Å²) in [7, 11) is 0. The lowest BCUT2D eigenvalue weighted by Crippen LogP contribution is -2.22. The molecule has 0 aliphatic carbocycles. The summed E-state index contributed by atoms with van der Waals surface area (Å²) < 4.78 is 0. The number of hydrogen-bond donors (Lipinski definition) is 1. The maximum Gasteiger partial charge on any atom is 0.253 e. The van der Waals surface area contributed by atoms with Gasteiger partial charge in [0.2, 0.25) is 5.78 Å². The first kappa shape index (κ1) is 15.9. The molecule has 1 N–H and O–H groups in total. The van der Waals surface area contributed by atoms with E-state index in [2.05, 4.69) is 5.32 Å². The highest BCUT2D eigenvalue weighted by atomic mass is 35.5. The first-order valence-electron chi connectivity index (χ1n) is 6.83. The molecule has 116 valence electrons. The number of nitrogens with one attached hydrogen (secondary N) is 1. The van der Waals surface area contributed by atoms with Crippen molar-refractivity contribution in [1.82, 2.24) is 5.32 Å². The van der Waals surface area contributed by atoms with Crippen molar-refractivity contribution in [3.63, 3.8) is 0 Å². The van der Waals surface area contributed by atoms with Crippen LogP contribution in [0.25, 0.3) is 0 Å². The Labute approximate surface area is 146 Å². The van der Waals surface area contributed by atoms with Crippen LogP contribution in [-0.2, 0) is 6.54 Å². The molecule has 23 heavy (non-hydrogen) atoms. The van der Waals surface area contributed by atoms with Gasteiger partial charge in [-0.05, 0) is 35.7 Å². The van der Waals surface area contributed by atoms with Crippen molar-refractivity contribution in [3.05, 3.63) is 79.1 Å². The molecule has 0 atom stereocenters. The Kier molecular flexibility index (Phi) is 4.91. The van der Waals surface area contributed by atoms with E-state index in [9.17, 15) is 9.59 Å². The third-order valence-corrected chi connectivity index (χ3v) is 5.31. The maximum atomic E-state index is 12.2. The topological polar surface area (TPSA) is 46.2 Å². The number of ketones is 1. The van der Waals surface area contributed by atoms with Crippen LogP contribution in [0.15, 0.2) is 53.2 Å². The molecule has 2 aromatic heterocycles. The standard InChI is InChI=1S/C17H12ClNO2S2/c18-14-4-2-1-3-13(14)17(21)19-9-12-5-6-15(23-12)16(20)11-7-8-22-10-11/h1-8,10H,9H2,(H,19,21). The molecule has 6 heteroatoms. The van der Waals surface area contributed by atoms with Crippen LogP contribution < -0.4 is 5.32 Å². The maximum absolute atomic E-state index is 12.2. The van der Waals surface area contributed by atoms with Crippen LogP contribution in [0.5, 0.6) is 0 Å². The molecule has 0 aliphatic rings. The van der Waals surface area contributed by atoms with Gasteiger partial charge in [-0.2, -0.15) is 11.3 Å². The van der Waals surface area contributed by atoms with Gasteiger partial charge >= 0.3 is 0 Å². The number of benzene rings is 1. The molecule has 0 bridgehead atoms. The van der Waals surface area contributed by atoms with Crippen LogP contribution in [0, 0.1) is 0 Å². The molecule has 1 amide bonds. The fourth-order valence-corrected chi connectivity index (χ4v) is 3.81. The second kappa shape index (κ2) is 7.08. The molecule has 1 aromatic carbocycles. The van der Waals surface area contributed by atoms with Crippen molar-refractivity contribution in [1.29, 1.82) is 0 Å². The SMILES string of the molecule is O=C(c1ccsc1)c1ccc(CNC(=O)c2ccccc2Cl)s1. The summed E-state index contributed by atoms with van der Waals surface area (Å²) in [5.41, 5.74) is 1.14. The Morgan fingerprint density at radius 2 is 1.91 bits per heavy atom. The molecule has 0 aliphatic heterocycles. The molecular formula is C17H12ClNO2S2. The smallest absolute Gasteiger partial charge is 0.253 e. The van der Waals surface area contributed by atoms with E-state index < -0.39 is 0 Å². The van der Waals surface area contributed by atoms with Crippen LogP contribution >= 0.6 is 34.3 Å². The second-order valence-corrected chi connectivity index (χ2v) is 7.13. The number of thiophene rings is 2. The van der Waals surface area contributed by atoms with E-state index in [0.29, 0.717) is 27.6 Å². The van der Waals surface area contributed by atoms with Gasteiger partial charge in [-0.25, -0.2) is 0 Å². The third kappa shape index (κ3) is 3.69. The van der Waals surface area contributed by atoms with Gasteiger partial charge in [0, 0.05) is 15.8 Å². The van der Waals surface area contributed by atoms with Crippen LogP contribution in [0.3, 0.4) is 0 Å². The molecule has 0 saturated heterocycles. The summed E-state index contributed by atoms with van der Waals surface area (Å²) in [6.07, 6.45) is 0. The molecule has 3 aromatic rings. The molecule has 0 spiro atoms. The second-order valence-electron chi connectivity index (χ2n) is 4.77. The fraction of sp³-hybridized carbons (Fsp3) is 0.0588. The van der Waals surface area contributed by atoms with Gasteiger partial charge in [-0.15, -0.1) is 11.3 Å². The van der Waals surface area contributed by atoms with Crippen molar-refractivity contribution < 1.29 is 9.59 Å². The Morgan fingerprint density at radius 3 is 2.65 bits per heavy atom. The normalized spacial score (nSPS) is 10.5. The van der Waals surface area contributed by atoms with Gasteiger partial charge < -0.3 is 5.32 Å². The minimum atomic E-state index is -0.227. The largest absolute Gasteiger partial charge is 0.347 e. The Hall–Kier alpha value is -1.95. The van der Waals surface area contributed by atoms with Crippen molar-refractivity contribution in [2.45, 2.75) is 6.54 Å². The lowest BCUT2D eigenvalue weighted by atomic mass is 10.2. The average Bonchev–Trinajstić information content (AvgIpc) is 3.24. The van der Waals surface area contributed by atoms with Crippen LogP contribution in [0.2, 0.25) is 5.02 Å². The minimum absolute atomic E-state index is 0.0138. The summed E-state index contributed by atoms with van der Waals surface area (Å²) in [4.78, 5) is 25.9. The predicted molar refractivity (Wildman–Crippen MR) is 94.7 cm³/mol. The van der Waals surface area contributed by atoms with Gasteiger partial charge in [-0.1, -0.05) is 23.7 Å². The minimum Gasteiger partial charge on any atom is -0.347 e. The van der Waals surface area contributed by atoms with E-state index in [1.54, 1.807) is 30.3 Å². The summed E-state index contributed by atoms with van der Waals surface area (Å²) in [6.45, 7) is 0.367. The van der Waals surface area contributed by atoms with Crippen LogP contribution in [0.1, 0.15) is 30.5 Å². The number of amides is 1.